The molecule has 1 unspecified atom stereocenters. The van der Waals surface area contributed by atoms with Gasteiger partial charge in [0.25, 0.3) is 0 Å². The zero-order chi connectivity index (χ0) is 13.2. The lowest BCUT2D eigenvalue weighted by atomic mass is 9.48. The Morgan fingerprint density at radius 3 is 2.11 bits per heavy atom. The summed E-state index contributed by atoms with van der Waals surface area (Å²) in [5.74, 6) is 2.85. The van der Waals surface area contributed by atoms with E-state index in [1.165, 1.54) is 43.4 Å². The van der Waals surface area contributed by atoms with Gasteiger partial charge in [0.1, 0.15) is 4.34 Å². The summed E-state index contributed by atoms with van der Waals surface area (Å²) in [5, 5.41) is 0.162. The standard InChI is InChI=1S/C15H17BrCl2S/c16-11-4-12(19-14(11)18)13(17)15-5-8-1-9(6-15)3-10(2-8)7-15/h4,8-10,13H,1-3,5-7H2. The molecule has 4 heteroatoms. The minimum atomic E-state index is 0.162. The topological polar surface area (TPSA) is 0 Å². The van der Waals surface area contributed by atoms with Crippen molar-refractivity contribution in [2.75, 3.05) is 0 Å². The molecule has 0 nitrogen and oxygen atoms in total. The third-order valence-electron chi connectivity index (χ3n) is 5.54. The van der Waals surface area contributed by atoms with Crippen molar-refractivity contribution < 1.29 is 0 Å². The fraction of sp³-hybridized carbons (Fsp3) is 0.733. The minimum absolute atomic E-state index is 0.162. The molecule has 4 aliphatic rings. The summed E-state index contributed by atoms with van der Waals surface area (Å²) in [4.78, 5) is 1.26. The van der Waals surface area contributed by atoms with Crippen LogP contribution in [0, 0.1) is 23.2 Å². The van der Waals surface area contributed by atoms with Crippen LogP contribution in [0.2, 0.25) is 4.34 Å². The van der Waals surface area contributed by atoms with Crippen molar-refractivity contribution in [3.05, 3.63) is 19.8 Å². The molecule has 0 spiro atoms. The highest BCUT2D eigenvalue weighted by Gasteiger charge is 2.54. The molecule has 0 aromatic carbocycles. The number of thiophene rings is 1. The van der Waals surface area contributed by atoms with E-state index >= 15 is 0 Å². The van der Waals surface area contributed by atoms with Crippen LogP contribution in [0.15, 0.2) is 10.5 Å². The van der Waals surface area contributed by atoms with Gasteiger partial charge in [0.05, 0.1) is 5.38 Å². The smallest absolute Gasteiger partial charge is 0.107 e. The van der Waals surface area contributed by atoms with Crippen LogP contribution in [0.4, 0.5) is 0 Å². The lowest BCUT2D eigenvalue weighted by molar-refractivity contribution is -0.0547. The highest BCUT2D eigenvalue weighted by Crippen LogP contribution is 2.66. The second kappa shape index (κ2) is 4.63. The van der Waals surface area contributed by atoms with Crippen molar-refractivity contribution in [3.63, 3.8) is 0 Å². The van der Waals surface area contributed by atoms with Crippen molar-refractivity contribution >= 4 is 50.5 Å². The highest BCUT2D eigenvalue weighted by atomic mass is 79.9. The Morgan fingerprint density at radius 2 is 1.68 bits per heavy atom. The Morgan fingerprint density at radius 1 is 1.16 bits per heavy atom. The maximum atomic E-state index is 6.94. The fourth-order valence-corrected chi connectivity index (χ4v) is 7.60. The Bertz CT molecular complexity index is 455. The second-order valence-corrected chi connectivity index (χ2v) is 9.89. The molecule has 4 fully saturated rings. The first-order valence-electron chi connectivity index (χ1n) is 7.14. The average Bonchev–Trinajstić information content (AvgIpc) is 2.67. The number of rotatable bonds is 2. The van der Waals surface area contributed by atoms with E-state index in [2.05, 4.69) is 22.0 Å². The van der Waals surface area contributed by atoms with Crippen LogP contribution in [0.5, 0.6) is 0 Å². The van der Waals surface area contributed by atoms with Crippen LogP contribution >= 0.6 is 50.5 Å². The van der Waals surface area contributed by atoms with E-state index in [9.17, 15) is 0 Å². The minimum Gasteiger partial charge on any atom is -0.126 e. The van der Waals surface area contributed by atoms with E-state index < -0.39 is 0 Å². The number of alkyl halides is 1. The van der Waals surface area contributed by atoms with Crippen molar-refractivity contribution in [1.29, 1.82) is 0 Å². The Balaban J connectivity index is 1.67. The molecule has 1 heterocycles. The first-order chi connectivity index (χ1) is 9.06. The zero-order valence-electron chi connectivity index (χ0n) is 10.7. The van der Waals surface area contributed by atoms with E-state index in [4.69, 9.17) is 23.2 Å². The van der Waals surface area contributed by atoms with Gasteiger partial charge in [-0.2, -0.15) is 0 Å². The normalized spacial score (nSPS) is 41.7. The summed E-state index contributed by atoms with van der Waals surface area (Å²) in [6.07, 6.45) is 8.45. The maximum absolute atomic E-state index is 6.94. The van der Waals surface area contributed by atoms with Gasteiger partial charge in [0, 0.05) is 9.35 Å². The van der Waals surface area contributed by atoms with Gasteiger partial charge in [-0.25, -0.2) is 0 Å². The molecule has 4 saturated carbocycles. The molecule has 0 amide bonds. The molecule has 0 aliphatic heterocycles. The van der Waals surface area contributed by atoms with Gasteiger partial charge in [-0.1, -0.05) is 11.6 Å². The van der Waals surface area contributed by atoms with Crippen molar-refractivity contribution in [2.45, 2.75) is 43.9 Å². The van der Waals surface area contributed by atoms with Crippen LogP contribution in [0.1, 0.15) is 48.8 Å². The first kappa shape index (κ1) is 13.4. The van der Waals surface area contributed by atoms with Crippen molar-refractivity contribution in [2.24, 2.45) is 23.2 Å². The van der Waals surface area contributed by atoms with Crippen LogP contribution in [-0.2, 0) is 0 Å². The number of halogens is 3. The van der Waals surface area contributed by atoms with Crippen LogP contribution < -0.4 is 0 Å². The average molecular weight is 380 g/mol. The van der Waals surface area contributed by atoms with Gasteiger partial charge in [-0.3, -0.25) is 0 Å². The summed E-state index contributed by atoms with van der Waals surface area (Å²) in [7, 11) is 0. The molecule has 1 aromatic heterocycles. The predicted molar refractivity (Wildman–Crippen MR) is 86.2 cm³/mol. The maximum Gasteiger partial charge on any atom is 0.107 e. The van der Waals surface area contributed by atoms with Gasteiger partial charge < -0.3 is 0 Å². The molecule has 4 aliphatic carbocycles. The summed E-state index contributed by atoms with van der Waals surface area (Å²) >= 11 is 18.3. The molecule has 1 aromatic rings. The fourth-order valence-electron chi connectivity index (χ4n) is 5.28. The summed E-state index contributed by atoms with van der Waals surface area (Å²) in [6.45, 7) is 0. The third-order valence-corrected chi connectivity index (χ3v) is 8.90. The van der Waals surface area contributed by atoms with Gasteiger partial charge in [-0.15, -0.1) is 22.9 Å². The summed E-state index contributed by atoms with van der Waals surface area (Å²) < 4.78 is 1.84. The van der Waals surface area contributed by atoms with Gasteiger partial charge in [0.15, 0.2) is 0 Å². The molecule has 19 heavy (non-hydrogen) atoms. The lowest BCUT2D eigenvalue weighted by Crippen LogP contribution is -2.47. The quantitative estimate of drug-likeness (QED) is 0.504. The molecule has 0 N–H and O–H groups in total. The van der Waals surface area contributed by atoms with E-state index in [0.717, 1.165) is 26.6 Å². The third kappa shape index (κ3) is 2.13. The molecule has 0 radical (unpaired) electrons. The van der Waals surface area contributed by atoms with Gasteiger partial charge >= 0.3 is 0 Å². The monoisotopic (exact) mass is 378 g/mol. The lowest BCUT2D eigenvalue weighted by Gasteiger charge is -2.58. The number of hydrogen-bond donors (Lipinski definition) is 0. The molecule has 104 valence electrons. The first-order valence-corrected chi connectivity index (χ1v) is 9.57. The largest absolute Gasteiger partial charge is 0.126 e. The van der Waals surface area contributed by atoms with E-state index in [-0.39, 0.29) is 5.38 Å². The van der Waals surface area contributed by atoms with E-state index in [1.54, 1.807) is 11.3 Å². The summed E-state index contributed by atoms with van der Waals surface area (Å²) in [6, 6.07) is 2.14. The molecule has 5 rings (SSSR count). The molecular weight excluding hydrogens is 363 g/mol. The number of hydrogen-bond acceptors (Lipinski definition) is 1. The second-order valence-electron chi connectivity index (χ2n) is 6.91. The Hall–Kier alpha value is 0.760. The molecule has 4 bridgehead atoms. The SMILES string of the molecule is Clc1sc(C(Cl)C23CC4CC(CC(C4)C2)C3)cc1Br. The van der Waals surface area contributed by atoms with Crippen molar-refractivity contribution in [1.82, 2.24) is 0 Å². The zero-order valence-corrected chi connectivity index (χ0v) is 14.6. The Labute approximate surface area is 137 Å². The predicted octanol–water partition coefficient (Wildman–Crippen LogP) is 6.66. The molecule has 0 saturated heterocycles. The van der Waals surface area contributed by atoms with Crippen LogP contribution in [0.25, 0.3) is 0 Å². The molecule has 1 atom stereocenters. The molecular formula is C15H17BrCl2S. The van der Waals surface area contributed by atoms with Gasteiger partial charge in [0.2, 0.25) is 0 Å². The van der Waals surface area contributed by atoms with Crippen LogP contribution in [0.3, 0.4) is 0 Å². The highest BCUT2D eigenvalue weighted by molar-refractivity contribution is 9.10. The van der Waals surface area contributed by atoms with Gasteiger partial charge in [-0.05, 0) is 83.7 Å². The van der Waals surface area contributed by atoms with Crippen LogP contribution in [-0.4, -0.2) is 0 Å². The van der Waals surface area contributed by atoms with Crippen molar-refractivity contribution in [3.8, 4) is 0 Å². The van der Waals surface area contributed by atoms with E-state index in [0.29, 0.717) is 5.41 Å². The Kier molecular flexibility index (Phi) is 3.27. The summed E-state index contributed by atoms with van der Waals surface area (Å²) in [5.41, 5.74) is 0.365. The van der Waals surface area contributed by atoms with E-state index in [1.807, 2.05) is 0 Å².